The van der Waals surface area contributed by atoms with E-state index in [4.69, 9.17) is 4.74 Å². The van der Waals surface area contributed by atoms with Crippen LogP contribution in [0.5, 0.6) is 0 Å². The Kier molecular flexibility index (Phi) is 7.24. The quantitative estimate of drug-likeness (QED) is 0.500. The van der Waals surface area contributed by atoms with E-state index in [1.165, 1.54) is 38.1 Å². The normalized spacial score (nSPS) is 12.1. The SMILES string of the molecule is CC(=O)Nc1ccc(S(=O)(=O)NCC(=O)O[C@H](C)C(=O)c2ccc(C)cc2)cc1. The molecule has 0 aliphatic carbocycles. The van der Waals surface area contributed by atoms with Crippen molar-refractivity contribution in [3.63, 3.8) is 0 Å². The highest BCUT2D eigenvalue weighted by Crippen LogP contribution is 2.14. The Bertz CT molecular complexity index is 998. The second-order valence-electron chi connectivity index (χ2n) is 6.39. The zero-order chi connectivity index (χ0) is 21.6. The molecule has 9 heteroatoms. The van der Waals surface area contributed by atoms with Gasteiger partial charge in [-0.3, -0.25) is 14.4 Å². The van der Waals surface area contributed by atoms with E-state index >= 15 is 0 Å². The molecule has 2 N–H and O–H groups in total. The zero-order valence-corrected chi connectivity index (χ0v) is 17.1. The highest BCUT2D eigenvalue weighted by molar-refractivity contribution is 7.89. The van der Waals surface area contributed by atoms with E-state index in [0.717, 1.165) is 5.56 Å². The number of nitrogens with one attached hydrogen (secondary N) is 2. The monoisotopic (exact) mass is 418 g/mol. The number of hydrogen-bond donors (Lipinski definition) is 2. The predicted octanol–water partition coefficient (Wildman–Crippen LogP) is 2.05. The van der Waals surface area contributed by atoms with Crippen LogP contribution in [-0.2, 0) is 24.3 Å². The standard InChI is InChI=1S/C20H22N2O6S/c1-13-4-6-16(7-5-13)20(25)14(2)28-19(24)12-21-29(26,27)18-10-8-17(9-11-18)22-15(3)23/h4-11,14,21H,12H2,1-3H3,(H,22,23)/t14-/m1/s1. The minimum atomic E-state index is -3.96. The van der Waals surface area contributed by atoms with Crippen molar-refractivity contribution >= 4 is 33.4 Å². The van der Waals surface area contributed by atoms with E-state index in [9.17, 15) is 22.8 Å². The Hall–Kier alpha value is -3.04. The molecule has 0 bridgehead atoms. The van der Waals surface area contributed by atoms with Crippen molar-refractivity contribution in [3.05, 3.63) is 59.7 Å². The number of carbonyl (C=O) groups excluding carboxylic acids is 3. The Morgan fingerprint density at radius 3 is 2.14 bits per heavy atom. The number of carbonyl (C=O) groups is 3. The Labute approximate surface area is 169 Å². The molecule has 0 fully saturated rings. The fraction of sp³-hybridized carbons (Fsp3) is 0.250. The van der Waals surface area contributed by atoms with Gasteiger partial charge in [0.15, 0.2) is 6.10 Å². The van der Waals surface area contributed by atoms with Gasteiger partial charge in [-0.15, -0.1) is 0 Å². The molecule has 0 radical (unpaired) electrons. The highest BCUT2D eigenvalue weighted by atomic mass is 32.2. The molecule has 1 amide bonds. The first kappa shape index (κ1) is 22.3. The van der Waals surface area contributed by atoms with Crippen molar-refractivity contribution in [2.24, 2.45) is 0 Å². The minimum Gasteiger partial charge on any atom is -0.453 e. The molecule has 2 rings (SSSR count). The van der Waals surface area contributed by atoms with Crippen LogP contribution in [0.15, 0.2) is 53.4 Å². The van der Waals surface area contributed by atoms with Crippen LogP contribution < -0.4 is 10.0 Å². The molecule has 29 heavy (non-hydrogen) atoms. The van der Waals surface area contributed by atoms with Crippen molar-refractivity contribution in [1.82, 2.24) is 4.72 Å². The average Bonchev–Trinajstić information content (AvgIpc) is 2.66. The van der Waals surface area contributed by atoms with Crippen molar-refractivity contribution in [2.45, 2.75) is 31.8 Å². The molecule has 0 saturated heterocycles. The summed E-state index contributed by atoms with van der Waals surface area (Å²) in [5.41, 5.74) is 1.83. The third-order valence-corrected chi connectivity index (χ3v) is 5.32. The summed E-state index contributed by atoms with van der Waals surface area (Å²) in [6.45, 7) is 4.02. The summed E-state index contributed by atoms with van der Waals surface area (Å²) >= 11 is 0. The van der Waals surface area contributed by atoms with E-state index in [-0.39, 0.29) is 16.6 Å². The molecular weight excluding hydrogens is 396 g/mol. The van der Waals surface area contributed by atoms with Gasteiger partial charge in [0, 0.05) is 18.2 Å². The minimum absolute atomic E-state index is 0.0804. The van der Waals surface area contributed by atoms with Crippen LogP contribution in [0.3, 0.4) is 0 Å². The summed E-state index contributed by atoms with van der Waals surface area (Å²) in [4.78, 5) is 35.1. The second-order valence-corrected chi connectivity index (χ2v) is 8.16. The van der Waals surface area contributed by atoms with Crippen molar-refractivity contribution in [3.8, 4) is 0 Å². The van der Waals surface area contributed by atoms with Gasteiger partial charge in [0.1, 0.15) is 6.54 Å². The zero-order valence-electron chi connectivity index (χ0n) is 16.3. The third-order valence-electron chi connectivity index (χ3n) is 3.91. The number of ether oxygens (including phenoxy) is 1. The number of sulfonamides is 1. The number of Topliss-reactive ketones (excluding diaryl/α,β-unsaturated/α-hetero) is 1. The van der Waals surface area contributed by atoms with Gasteiger partial charge in [0.05, 0.1) is 4.90 Å². The molecule has 8 nitrogen and oxygen atoms in total. The maximum atomic E-state index is 12.3. The molecule has 2 aromatic rings. The maximum absolute atomic E-state index is 12.3. The van der Waals surface area contributed by atoms with Crippen LogP contribution >= 0.6 is 0 Å². The molecule has 154 valence electrons. The summed E-state index contributed by atoms with van der Waals surface area (Å²) in [5, 5.41) is 2.52. The lowest BCUT2D eigenvalue weighted by molar-refractivity contribution is -0.144. The van der Waals surface area contributed by atoms with Crippen molar-refractivity contribution < 1.29 is 27.5 Å². The first-order valence-corrected chi connectivity index (χ1v) is 10.2. The van der Waals surface area contributed by atoms with Crippen LogP contribution in [0.1, 0.15) is 29.8 Å². The highest BCUT2D eigenvalue weighted by Gasteiger charge is 2.21. The van der Waals surface area contributed by atoms with E-state index < -0.39 is 28.6 Å². The molecule has 0 spiro atoms. The summed E-state index contributed by atoms with van der Waals surface area (Å²) < 4.78 is 31.7. The number of anilines is 1. The van der Waals surface area contributed by atoms with Crippen LogP contribution in [0, 0.1) is 6.92 Å². The molecule has 0 aliphatic heterocycles. The predicted molar refractivity (Wildman–Crippen MR) is 107 cm³/mol. The number of aryl methyl sites for hydroxylation is 1. The molecule has 2 aromatic carbocycles. The van der Waals surface area contributed by atoms with Crippen molar-refractivity contribution in [1.29, 1.82) is 0 Å². The van der Waals surface area contributed by atoms with Gasteiger partial charge < -0.3 is 10.1 Å². The molecule has 0 aromatic heterocycles. The number of esters is 1. The lowest BCUT2D eigenvalue weighted by Crippen LogP contribution is -2.34. The summed E-state index contributed by atoms with van der Waals surface area (Å²) in [6, 6.07) is 12.3. The topological polar surface area (TPSA) is 119 Å². The van der Waals surface area contributed by atoms with E-state index in [0.29, 0.717) is 11.3 Å². The number of hydrogen-bond acceptors (Lipinski definition) is 6. The summed E-state index contributed by atoms with van der Waals surface area (Å²) in [7, 11) is -3.96. The molecule has 0 heterocycles. The Balaban J connectivity index is 1.92. The summed E-state index contributed by atoms with van der Waals surface area (Å²) in [6.07, 6.45) is -1.05. The van der Waals surface area contributed by atoms with E-state index in [1.807, 2.05) is 6.92 Å². The van der Waals surface area contributed by atoms with Gasteiger partial charge in [-0.05, 0) is 38.1 Å². The van der Waals surface area contributed by atoms with Gasteiger partial charge in [-0.2, -0.15) is 4.72 Å². The van der Waals surface area contributed by atoms with Gasteiger partial charge in [0.2, 0.25) is 21.7 Å². The number of amides is 1. The van der Waals surface area contributed by atoms with E-state index in [1.54, 1.807) is 24.3 Å². The largest absolute Gasteiger partial charge is 0.453 e. The molecule has 0 saturated carbocycles. The smallest absolute Gasteiger partial charge is 0.321 e. The fourth-order valence-electron chi connectivity index (χ4n) is 2.40. The lowest BCUT2D eigenvalue weighted by Gasteiger charge is -2.13. The van der Waals surface area contributed by atoms with E-state index in [2.05, 4.69) is 10.0 Å². The van der Waals surface area contributed by atoms with Crippen LogP contribution in [0.2, 0.25) is 0 Å². The second kappa shape index (κ2) is 9.44. The first-order chi connectivity index (χ1) is 13.6. The number of rotatable bonds is 8. The molecule has 0 aliphatic rings. The Morgan fingerprint density at radius 2 is 1.59 bits per heavy atom. The number of ketones is 1. The fourth-order valence-corrected chi connectivity index (χ4v) is 3.37. The molecule has 1 atom stereocenters. The first-order valence-electron chi connectivity index (χ1n) is 8.76. The Morgan fingerprint density at radius 1 is 1.00 bits per heavy atom. The van der Waals surface area contributed by atoms with Gasteiger partial charge in [0.25, 0.3) is 0 Å². The van der Waals surface area contributed by atoms with Crippen LogP contribution in [0.4, 0.5) is 5.69 Å². The summed E-state index contributed by atoms with van der Waals surface area (Å²) in [5.74, 6) is -1.54. The van der Waals surface area contributed by atoms with Gasteiger partial charge in [-0.25, -0.2) is 8.42 Å². The third kappa shape index (κ3) is 6.51. The van der Waals surface area contributed by atoms with Gasteiger partial charge in [-0.1, -0.05) is 29.8 Å². The van der Waals surface area contributed by atoms with Crippen LogP contribution in [0.25, 0.3) is 0 Å². The molecule has 0 unspecified atom stereocenters. The molecular formula is C20H22N2O6S. The van der Waals surface area contributed by atoms with Crippen molar-refractivity contribution in [2.75, 3.05) is 11.9 Å². The number of benzene rings is 2. The average molecular weight is 418 g/mol. The maximum Gasteiger partial charge on any atom is 0.321 e. The lowest BCUT2D eigenvalue weighted by atomic mass is 10.1. The van der Waals surface area contributed by atoms with Crippen LogP contribution in [-0.4, -0.2) is 38.7 Å². The van der Waals surface area contributed by atoms with Gasteiger partial charge >= 0.3 is 5.97 Å².